The molecule has 2 rings (SSSR count). The topological polar surface area (TPSA) is 18.5 Å². The summed E-state index contributed by atoms with van der Waals surface area (Å²) >= 11 is 0. The van der Waals surface area contributed by atoms with Crippen LogP contribution in [0.15, 0.2) is 60.7 Å². The number of hydrogen-bond donors (Lipinski definition) is 0. The molecule has 0 saturated heterocycles. The molecule has 0 amide bonds. The van der Waals surface area contributed by atoms with Gasteiger partial charge in [-0.15, -0.1) is 8.58 Å². The van der Waals surface area contributed by atoms with Crippen molar-refractivity contribution in [1.82, 2.24) is 0 Å². The van der Waals surface area contributed by atoms with Crippen molar-refractivity contribution in [2.24, 2.45) is 0 Å². The lowest BCUT2D eigenvalue weighted by Gasteiger charge is -2.18. The molecule has 0 bridgehead atoms. The SMILES string of the molecule is B.C[C@H](COCc1ccccc1)P[C@H](C)COCc1ccccc1. The summed E-state index contributed by atoms with van der Waals surface area (Å²) in [6.07, 6.45) is 0. The van der Waals surface area contributed by atoms with Gasteiger partial charge in [-0.25, -0.2) is 0 Å². The Bertz CT molecular complexity index is 486. The third kappa shape index (κ3) is 8.64. The molecule has 0 aromatic heterocycles. The lowest BCUT2D eigenvalue weighted by Crippen LogP contribution is -2.14. The molecule has 130 valence electrons. The molecule has 2 atom stereocenters. The van der Waals surface area contributed by atoms with Crippen LogP contribution in [0, 0.1) is 0 Å². The minimum atomic E-state index is 0. The number of ether oxygens (including phenoxy) is 2. The molecule has 0 heterocycles. The first-order valence-electron chi connectivity index (χ1n) is 8.23. The molecule has 4 heteroatoms. The summed E-state index contributed by atoms with van der Waals surface area (Å²) < 4.78 is 11.6. The van der Waals surface area contributed by atoms with Gasteiger partial charge >= 0.3 is 0 Å². The highest BCUT2D eigenvalue weighted by Gasteiger charge is 2.09. The standard InChI is InChI=1S/C20H27O2P.BH3/c1-17(13-21-15-19-9-5-3-6-10-19)23-18(2)14-22-16-20-11-7-4-8-12-20;/h3-12,17-18,23H,13-16H2,1-2H3;1H3/t17-,18-;/m1./s1. The fourth-order valence-corrected chi connectivity index (χ4v) is 3.84. The summed E-state index contributed by atoms with van der Waals surface area (Å²) in [7, 11) is 0.865. The van der Waals surface area contributed by atoms with Crippen LogP contribution in [0.1, 0.15) is 25.0 Å². The number of rotatable bonds is 10. The fraction of sp³-hybridized carbons (Fsp3) is 0.400. The van der Waals surface area contributed by atoms with E-state index in [0.717, 1.165) is 21.8 Å². The lowest BCUT2D eigenvalue weighted by atomic mass is 10.2. The van der Waals surface area contributed by atoms with Crippen molar-refractivity contribution in [3.05, 3.63) is 71.8 Å². The van der Waals surface area contributed by atoms with Crippen LogP contribution < -0.4 is 0 Å². The zero-order valence-electron chi connectivity index (χ0n) is 14.1. The molecular weight excluding hydrogens is 314 g/mol. The first-order chi connectivity index (χ1) is 11.2. The summed E-state index contributed by atoms with van der Waals surface area (Å²) in [6.45, 7) is 7.56. The monoisotopic (exact) mass is 344 g/mol. The van der Waals surface area contributed by atoms with Crippen molar-refractivity contribution >= 4 is 17.0 Å². The number of hydrogen-bond acceptors (Lipinski definition) is 2. The van der Waals surface area contributed by atoms with E-state index in [1.807, 2.05) is 12.1 Å². The maximum atomic E-state index is 5.82. The second kappa shape index (κ2) is 12.3. The van der Waals surface area contributed by atoms with E-state index in [-0.39, 0.29) is 8.41 Å². The minimum Gasteiger partial charge on any atom is -0.376 e. The third-order valence-electron chi connectivity index (χ3n) is 3.53. The summed E-state index contributed by atoms with van der Waals surface area (Å²) in [5.41, 5.74) is 3.63. The Morgan fingerprint density at radius 1 is 0.708 bits per heavy atom. The van der Waals surface area contributed by atoms with Gasteiger partial charge in [-0.1, -0.05) is 74.5 Å². The van der Waals surface area contributed by atoms with Crippen LogP contribution in [-0.4, -0.2) is 32.9 Å². The molecule has 2 aromatic carbocycles. The second-order valence-electron chi connectivity index (χ2n) is 5.97. The van der Waals surface area contributed by atoms with Crippen molar-refractivity contribution in [2.75, 3.05) is 13.2 Å². The molecule has 0 aliphatic heterocycles. The zero-order chi connectivity index (χ0) is 16.3. The summed E-state index contributed by atoms with van der Waals surface area (Å²) in [6, 6.07) is 20.7. The fourth-order valence-electron chi connectivity index (χ4n) is 2.44. The summed E-state index contributed by atoms with van der Waals surface area (Å²) in [4.78, 5) is 0. The molecule has 2 aromatic rings. The van der Waals surface area contributed by atoms with Crippen LogP contribution in [0.25, 0.3) is 0 Å². The van der Waals surface area contributed by atoms with Crippen LogP contribution >= 0.6 is 8.58 Å². The van der Waals surface area contributed by atoms with E-state index in [9.17, 15) is 0 Å². The van der Waals surface area contributed by atoms with Crippen molar-refractivity contribution < 1.29 is 9.47 Å². The lowest BCUT2D eigenvalue weighted by molar-refractivity contribution is 0.119. The zero-order valence-corrected chi connectivity index (χ0v) is 15.1. The predicted octanol–water partition coefficient (Wildman–Crippen LogP) is 3.69. The Morgan fingerprint density at radius 3 is 1.46 bits per heavy atom. The molecule has 0 radical (unpaired) electrons. The Balaban J connectivity index is 0.00000288. The van der Waals surface area contributed by atoms with E-state index in [2.05, 4.69) is 62.4 Å². The maximum absolute atomic E-state index is 5.82. The van der Waals surface area contributed by atoms with Crippen molar-refractivity contribution in [3.8, 4) is 0 Å². The molecule has 24 heavy (non-hydrogen) atoms. The molecule has 0 aliphatic rings. The molecule has 2 nitrogen and oxygen atoms in total. The molecule has 0 aliphatic carbocycles. The highest BCUT2D eigenvalue weighted by Crippen LogP contribution is 2.26. The van der Waals surface area contributed by atoms with Crippen LogP contribution in [-0.2, 0) is 22.7 Å². The molecule has 0 spiro atoms. The first kappa shape index (κ1) is 20.9. The van der Waals surface area contributed by atoms with E-state index in [4.69, 9.17) is 9.47 Å². The van der Waals surface area contributed by atoms with Gasteiger partial charge in [0.05, 0.1) is 34.8 Å². The van der Waals surface area contributed by atoms with Gasteiger partial charge in [0.15, 0.2) is 0 Å². The van der Waals surface area contributed by atoms with Gasteiger partial charge in [-0.05, 0) is 22.4 Å². The quantitative estimate of drug-likeness (QED) is 0.483. The average molecular weight is 344 g/mol. The summed E-state index contributed by atoms with van der Waals surface area (Å²) in [5, 5.41) is 0. The van der Waals surface area contributed by atoms with Crippen LogP contribution in [0.3, 0.4) is 0 Å². The average Bonchev–Trinajstić information content (AvgIpc) is 2.57. The van der Waals surface area contributed by atoms with E-state index in [1.54, 1.807) is 0 Å². The van der Waals surface area contributed by atoms with E-state index in [0.29, 0.717) is 24.5 Å². The van der Waals surface area contributed by atoms with Crippen LogP contribution in [0.5, 0.6) is 0 Å². The smallest absolute Gasteiger partial charge is 0.0814 e. The van der Waals surface area contributed by atoms with Gasteiger partial charge in [-0.2, -0.15) is 0 Å². The van der Waals surface area contributed by atoms with Gasteiger partial charge in [0, 0.05) is 0 Å². The van der Waals surface area contributed by atoms with E-state index >= 15 is 0 Å². The van der Waals surface area contributed by atoms with Crippen molar-refractivity contribution in [1.29, 1.82) is 0 Å². The van der Waals surface area contributed by atoms with Crippen molar-refractivity contribution in [3.63, 3.8) is 0 Å². The largest absolute Gasteiger partial charge is 0.376 e. The Morgan fingerprint density at radius 2 is 1.08 bits per heavy atom. The van der Waals surface area contributed by atoms with Gasteiger partial charge in [0.2, 0.25) is 0 Å². The molecule has 0 N–H and O–H groups in total. The maximum Gasteiger partial charge on any atom is 0.0814 e. The third-order valence-corrected chi connectivity index (χ3v) is 5.00. The van der Waals surface area contributed by atoms with Crippen LogP contribution in [0.4, 0.5) is 0 Å². The molecule has 0 unspecified atom stereocenters. The van der Waals surface area contributed by atoms with Crippen LogP contribution in [0.2, 0.25) is 0 Å². The Hall–Kier alpha value is -1.15. The molecular formula is C20H30BO2P. The van der Waals surface area contributed by atoms with Gasteiger partial charge < -0.3 is 9.47 Å². The predicted molar refractivity (Wildman–Crippen MR) is 109 cm³/mol. The highest BCUT2D eigenvalue weighted by molar-refractivity contribution is 7.39. The van der Waals surface area contributed by atoms with Crippen molar-refractivity contribution in [2.45, 2.75) is 38.4 Å². The Labute approximate surface area is 150 Å². The number of benzene rings is 2. The minimum absolute atomic E-state index is 0. The highest BCUT2D eigenvalue weighted by atomic mass is 31.1. The normalized spacial score (nSPS) is 13.1. The van der Waals surface area contributed by atoms with Gasteiger partial charge in [0.25, 0.3) is 0 Å². The summed E-state index contributed by atoms with van der Waals surface area (Å²) in [5.74, 6) is 0. The Kier molecular flexibility index (Phi) is 10.7. The first-order valence-corrected chi connectivity index (χ1v) is 9.39. The van der Waals surface area contributed by atoms with E-state index in [1.165, 1.54) is 11.1 Å². The second-order valence-corrected chi connectivity index (χ2v) is 8.27. The van der Waals surface area contributed by atoms with Gasteiger partial charge in [0.1, 0.15) is 0 Å². The molecule has 0 saturated carbocycles. The van der Waals surface area contributed by atoms with E-state index < -0.39 is 0 Å². The van der Waals surface area contributed by atoms with Gasteiger partial charge in [-0.3, -0.25) is 0 Å². The molecule has 0 fully saturated rings.